The van der Waals surface area contributed by atoms with Gasteiger partial charge < -0.3 is 19.3 Å². The molecule has 1 saturated heterocycles. The second-order valence-electron chi connectivity index (χ2n) is 6.03. The first-order chi connectivity index (χ1) is 13.6. The Kier molecular flexibility index (Phi) is 4.79. The molecule has 1 N–H and O–H groups in total. The highest BCUT2D eigenvalue weighted by Crippen LogP contribution is 2.33. The minimum atomic E-state index is -0.337. The van der Waals surface area contributed by atoms with Gasteiger partial charge in [0.05, 0.1) is 12.8 Å². The topological polar surface area (TPSA) is 89.7 Å². The molecule has 2 heterocycles. The first-order valence-corrected chi connectivity index (χ1v) is 8.59. The van der Waals surface area contributed by atoms with Crippen molar-refractivity contribution >= 4 is 11.7 Å². The number of benzene rings is 2. The van der Waals surface area contributed by atoms with Gasteiger partial charge in [0, 0.05) is 18.7 Å². The van der Waals surface area contributed by atoms with Crippen LogP contribution < -0.4 is 19.7 Å². The summed E-state index contributed by atoms with van der Waals surface area (Å²) in [6.07, 6.45) is 0. The SMILES string of the molecule is COc1ccc(-c2nc(COc3ccc(F)cc3)no2)cc1N1CCNC1=O. The fraction of sp³-hybridized carbons (Fsp3) is 0.211. The zero-order valence-corrected chi connectivity index (χ0v) is 15.0. The number of carbonyl (C=O) groups excluding carboxylic acids is 1. The molecule has 0 bridgehead atoms. The molecule has 2 aromatic carbocycles. The first-order valence-electron chi connectivity index (χ1n) is 8.59. The molecule has 0 unspecified atom stereocenters. The van der Waals surface area contributed by atoms with E-state index in [2.05, 4.69) is 15.5 Å². The Morgan fingerprint density at radius 2 is 2.07 bits per heavy atom. The molecule has 0 radical (unpaired) electrons. The zero-order chi connectivity index (χ0) is 19.5. The monoisotopic (exact) mass is 384 g/mol. The Morgan fingerprint density at radius 3 is 2.79 bits per heavy atom. The molecule has 8 nitrogen and oxygen atoms in total. The number of amides is 2. The number of carbonyl (C=O) groups is 1. The fourth-order valence-corrected chi connectivity index (χ4v) is 2.84. The van der Waals surface area contributed by atoms with E-state index in [0.717, 1.165) is 0 Å². The molecule has 1 aliphatic rings. The molecule has 144 valence electrons. The van der Waals surface area contributed by atoms with E-state index in [9.17, 15) is 9.18 Å². The number of methoxy groups -OCH3 is 1. The predicted molar refractivity (Wildman–Crippen MR) is 97.8 cm³/mol. The third-order valence-electron chi connectivity index (χ3n) is 4.22. The number of nitrogens with zero attached hydrogens (tertiary/aromatic N) is 3. The van der Waals surface area contributed by atoms with Crippen LogP contribution >= 0.6 is 0 Å². The summed E-state index contributed by atoms with van der Waals surface area (Å²) in [5.74, 6) is 1.37. The van der Waals surface area contributed by atoms with Crippen molar-refractivity contribution in [2.24, 2.45) is 0 Å². The number of anilines is 1. The number of nitrogens with one attached hydrogen (secondary N) is 1. The number of ether oxygens (including phenoxy) is 2. The number of urea groups is 1. The van der Waals surface area contributed by atoms with Gasteiger partial charge in [-0.1, -0.05) is 5.16 Å². The van der Waals surface area contributed by atoms with Gasteiger partial charge in [0.1, 0.15) is 17.3 Å². The molecule has 0 saturated carbocycles. The zero-order valence-electron chi connectivity index (χ0n) is 15.0. The minimum Gasteiger partial charge on any atom is -0.495 e. The number of aromatic nitrogens is 2. The number of halogens is 1. The second-order valence-corrected chi connectivity index (χ2v) is 6.03. The van der Waals surface area contributed by atoms with Crippen molar-refractivity contribution in [1.29, 1.82) is 0 Å². The molecule has 1 fully saturated rings. The van der Waals surface area contributed by atoms with Crippen LogP contribution in [0.5, 0.6) is 11.5 Å². The molecule has 0 aliphatic carbocycles. The standard InChI is InChI=1S/C19H17FN4O4/c1-26-16-7-2-12(10-15(16)24-9-8-21-19(24)25)18-22-17(23-28-18)11-27-14-5-3-13(20)4-6-14/h2-7,10H,8-9,11H2,1H3,(H,21,25). The Morgan fingerprint density at radius 1 is 1.25 bits per heavy atom. The van der Waals surface area contributed by atoms with Crippen LogP contribution in [-0.4, -0.2) is 36.4 Å². The van der Waals surface area contributed by atoms with Gasteiger partial charge in [0.2, 0.25) is 5.82 Å². The van der Waals surface area contributed by atoms with E-state index in [0.29, 0.717) is 47.6 Å². The first kappa shape index (κ1) is 17.8. The van der Waals surface area contributed by atoms with E-state index in [-0.39, 0.29) is 18.5 Å². The minimum absolute atomic E-state index is 0.0761. The van der Waals surface area contributed by atoms with E-state index in [1.165, 1.54) is 24.3 Å². The maximum absolute atomic E-state index is 12.9. The molecule has 0 atom stereocenters. The van der Waals surface area contributed by atoms with Crippen molar-refractivity contribution in [3.05, 3.63) is 54.1 Å². The van der Waals surface area contributed by atoms with Crippen LogP contribution in [0, 0.1) is 5.82 Å². The summed E-state index contributed by atoms with van der Waals surface area (Å²) < 4.78 is 29.1. The summed E-state index contributed by atoms with van der Waals surface area (Å²) in [5.41, 5.74) is 1.27. The van der Waals surface area contributed by atoms with Gasteiger partial charge in [-0.2, -0.15) is 4.98 Å². The van der Waals surface area contributed by atoms with Crippen LogP contribution in [0.2, 0.25) is 0 Å². The summed E-state index contributed by atoms with van der Waals surface area (Å²) >= 11 is 0. The van der Waals surface area contributed by atoms with Crippen LogP contribution in [0.25, 0.3) is 11.5 Å². The third kappa shape index (κ3) is 3.59. The van der Waals surface area contributed by atoms with Gasteiger partial charge in [-0.3, -0.25) is 4.90 Å². The van der Waals surface area contributed by atoms with Gasteiger partial charge in [-0.15, -0.1) is 0 Å². The van der Waals surface area contributed by atoms with E-state index >= 15 is 0 Å². The summed E-state index contributed by atoms with van der Waals surface area (Å²) in [6, 6.07) is 10.8. The highest BCUT2D eigenvalue weighted by Gasteiger charge is 2.25. The van der Waals surface area contributed by atoms with E-state index in [1.54, 1.807) is 30.2 Å². The Bertz CT molecular complexity index is 990. The van der Waals surface area contributed by atoms with Gasteiger partial charge in [0.25, 0.3) is 5.89 Å². The molecular formula is C19H17FN4O4. The Balaban J connectivity index is 1.53. The average Bonchev–Trinajstić information content (AvgIpc) is 3.36. The maximum atomic E-state index is 12.9. The van der Waals surface area contributed by atoms with Crippen LogP contribution in [0.3, 0.4) is 0 Å². The van der Waals surface area contributed by atoms with Gasteiger partial charge in [-0.25, -0.2) is 9.18 Å². The van der Waals surface area contributed by atoms with Crippen molar-refractivity contribution < 1.29 is 23.2 Å². The number of hydrogen-bond acceptors (Lipinski definition) is 6. The predicted octanol–water partition coefficient (Wildman–Crippen LogP) is 2.99. The highest BCUT2D eigenvalue weighted by molar-refractivity contribution is 5.96. The molecule has 1 aliphatic heterocycles. The molecule has 28 heavy (non-hydrogen) atoms. The molecule has 9 heteroatoms. The normalized spacial score (nSPS) is 13.5. The summed E-state index contributed by atoms with van der Waals surface area (Å²) in [6.45, 7) is 1.18. The van der Waals surface area contributed by atoms with Crippen molar-refractivity contribution in [1.82, 2.24) is 15.5 Å². The van der Waals surface area contributed by atoms with Gasteiger partial charge in [0.15, 0.2) is 6.61 Å². The lowest BCUT2D eigenvalue weighted by atomic mass is 10.1. The van der Waals surface area contributed by atoms with Crippen LogP contribution in [0.15, 0.2) is 47.0 Å². The summed E-state index contributed by atoms with van der Waals surface area (Å²) in [4.78, 5) is 17.9. The van der Waals surface area contributed by atoms with Crippen LogP contribution in [0.4, 0.5) is 14.9 Å². The average molecular weight is 384 g/mol. The second kappa shape index (κ2) is 7.55. The van der Waals surface area contributed by atoms with E-state index in [4.69, 9.17) is 14.0 Å². The van der Waals surface area contributed by atoms with E-state index < -0.39 is 0 Å². The molecule has 1 aromatic heterocycles. The van der Waals surface area contributed by atoms with Crippen LogP contribution in [0.1, 0.15) is 5.82 Å². The summed E-state index contributed by atoms with van der Waals surface area (Å²) in [7, 11) is 1.55. The fourth-order valence-electron chi connectivity index (χ4n) is 2.84. The van der Waals surface area contributed by atoms with Crippen molar-refractivity contribution in [2.45, 2.75) is 6.61 Å². The Labute approximate surface area is 159 Å². The largest absolute Gasteiger partial charge is 0.495 e. The molecule has 3 aromatic rings. The van der Waals surface area contributed by atoms with Gasteiger partial charge in [-0.05, 0) is 42.5 Å². The lowest BCUT2D eigenvalue weighted by Gasteiger charge is -2.18. The maximum Gasteiger partial charge on any atom is 0.322 e. The molecule has 0 spiro atoms. The van der Waals surface area contributed by atoms with Gasteiger partial charge >= 0.3 is 6.03 Å². The van der Waals surface area contributed by atoms with E-state index in [1.807, 2.05) is 0 Å². The molecule has 2 amide bonds. The highest BCUT2D eigenvalue weighted by atomic mass is 19.1. The van der Waals surface area contributed by atoms with Crippen molar-refractivity contribution in [2.75, 3.05) is 25.1 Å². The van der Waals surface area contributed by atoms with Crippen LogP contribution in [-0.2, 0) is 6.61 Å². The lowest BCUT2D eigenvalue weighted by molar-refractivity contribution is 0.252. The third-order valence-corrected chi connectivity index (χ3v) is 4.22. The molecule has 4 rings (SSSR count). The summed E-state index contributed by atoms with van der Waals surface area (Å²) in [5, 5.41) is 6.66. The lowest BCUT2D eigenvalue weighted by Crippen LogP contribution is -2.28. The molecular weight excluding hydrogens is 367 g/mol. The Hall–Kier alpha value is -3.62. The number of hydrogen-bond donors (Lipinski definition) is 1. The quantitative estimate of drug-likeness (QED) is 0.703. The smallest absolute Gasteiger partial charge is 0.322 e. The number of rotatable bonds is 6. The van der Waals surface area contributed by atoms with Crippen molar-refractivity contribution in [3.63, 3.8) is 0 Å². The van der Waals surface area contributed by atoms with Crippen molar-refractivity contribution in [3.8, 4) is 23.0 Å².